The Labute approximate surface area is 139 Å². The van der Waals surface area contributed by atoms with E-state index in [2.05, 4.69) is 11.1 Å². The second-order valence-corrected chi connectivity index (χ2v) is 7.30. The molecule has 1 aliphatic rings. The fourth-order valence-electron chi connectivity index (χ4n) is 2.99. The summed E-state index contributed by atoms with van der Waals surface area (Å²) in [6.45, 7) is 9.21. The Balaban J connectivity index is 1.99. The van der Waals surface area contributed by atoms with Gasteiger partial charge in [-0.3, -0.25) is 0 Å². The molecule has 1 saturated heterocycles. The summed E-state index contributed by atoms with van der Waals surface area (Å²) in [4.78, 5) is 18.4. The van der Waals surface area contributed by atoms with Gasteiger partial charge in [-0.05, 0) is 64.5 Å². The molecule has 0 aromatic carbocycles. The number of likely N-dealkylation sites (tertiary alicyclic amines) is 1. The van der Waals surface area contributed by atoms with Crippen LogP contribution in [0.15, 0.2) is 12.1 Å². The zero-order chi connectivity index (χ0) is 17.0. The van der Waals surface area contributed by atoms with Crippen LogP contribution in [0.2, 0.25) is 0 Å². The van der Waals surface area contributed by atoms with Gasteiger partial charge < -0.3 is 14.4 Å². The maximum absolute atomic E-state index is 12.2. The van der Waals surface area contributed by atoms with Gasteiger partial charge >= 0.3 is 6.09 Å². The number of carbonyl (C=O) groups excluding carboxylic acids is 1. The molecular weight excluding hydrogens is 292 g/mol. The van der Waals surface area contributed by atoms with Crippen LogP contribution in [0.1, 0.15) is 44.9 Å². The number of aryl methyl sites for hydroxylation is 1. The first-order valence-corrected chi connectivity index (χ1v) is 8.26. The third-order valence-corrected chi connectivity index (χ3v) is 3.89. The van der Waals surface area contributed by atoms with E-state index in [-0.39, 0.29) is 6.09 Å². The van der Waals surface area contributed by atoms with Crippen molar-refractivity contribution in [2.24, 2.45) is 5.92 Å². The predicted octanol–water partition coefficient (Wildman–Crippen LogP) is 3.59. The number of hydrogen-bond acceptors (Lipinski definition) is 4. The van der Waals surface area contributed by atoms with Crippen LogP contribution in [-0.4, -0.2) is 41.8 Å². The zero-order valence-electron chi connectivity index (χ0n) is 14.9. The highest BCUT2D eigenvalue weighted by molar-refractivity contribution is 5.68. The number of pyridine rings is 1. The molecule has 5 nitrogen and oxygen atoms in total. The predicted molar refractivity (Wildman–Crippen MR) is 89.8 cm³/mol. The number of piperidine rings is 1. The van der Waals surface area contributed by atoms with E-state index in [9.17, 15) is 4.79 Å². The first kappa shape index (κ1) is 17.6. The van der Waals surface area contributed by atoms with Gasteiger partial charge in [0.1, 0.15) is 5.60 Å². The quantitative estimate of drug-likeness (QED) is 0.854. The molecule has 0 saturated carbocycles. The SMILES string of the molecule is COc1cc(C[C@H]2CCCN(C(=O)OC(C)(C)C)C2)cc(C)n1. The zero-order valence-corrected chi connectivity index (χ0v) is 14.9. The summed E-state index contributed by atoms with van der Waals surface area (Å²) in [5, 5.41) is 0. The molecule has 1 aromatic heterocycles. The second-order valence-electron chi connectivity index (χ2n) is 7.30. The summed E-state index contributed by atoms with van der Waals surface area (Å²) in [6.07, 6.45) is 2.87. The summed E-state index contributed by atoms with van der Waals surface area (Å²) < 4.78 is 10.7. The highest BCUT2D eigenvalue weighted by Crippen LogP contribution is 2.24. The van der Waals surface area contributed by atoms with Gasteiger partial charge in [0.05, 0.1) is 7.11 Å². The molecule has 2 rings (SSSR count). The Hall–Kier alpha value is -1.78. The van der Waals surface area contributed by atoms with Gasteiger partial charge in [-0.2, -0.15) is 0 Å². The van der Waals surface area contributed by atoms with Crippen LogP contribution in [0.4, 0.5) is 4.79 Å². The first-order valence-electron chi connectivity index (χ1n) is 8.26. The minimum absolute atomic E-state index is 0.203. The molecule has 1 aliphatic heterocycles. The smallest absolute Gasteiger partial charge is 0.410 e. The average Bonchev–Trinajstić information content (AvgIpc) is 2.45. The van der Waals surface area contributed by atoms with Gasteiger partial charge in [-0.1, -0.05) is 0 Å². The van der Waals surface area contributed by atoms with Crippen LogP contribution in [0.3, 0.4) is 0 Å². The number of amides is 1. The summed E-state index contributed by atoms with van der Waals surface area (Å²) in [6, 6.07) is 4.08. The van der Waals surface area contributed by atoms with Gasteiger partial charge in [0.2, 0.25) is 5.88 Å². The van der Waals surface area contributed by atoms with Crippen LogP contribution >= 0.6 is 0 Å². The Morgan fingerprint density at radius 3 is 2.78 bits per heavy atom. The van der Waals surface area contributed by atoms with E-state index in [0.29, 0.717) is 11.8 Å². The first-order chi connectivity index (χ1) is 10.8. The molecule has 0 radical (unpaired) electrons. The molecule has 2 heterocycles. The van der Waals surface area contributed by atoms with Crippen LogP contribution in [0, 0.1) is 12.8 Å². The van der Waals surface area contributed by atoms with Crippen molar-refractivity contribution in [1.82, 2.24) is 9.88 Å². The summed E-state index contributed by atoms with van der Waals surface area (Å²) in [5.41, 5.74) is 1.73. The van der Waals surface area contributed by atoms with Crippen molar-refractivity contribution in [2.45, 2.75) is 52.6 Å². The highest BCUT2D eigenvalue weighted by atomic mass is 16.6. The molecule has 0 spiro atoms. The third-order valence-electron chi connectivity index (χ3n) is 3.89. The normalized spacial score (nSPS) is 18.7. The van der Waals surface area contributed by atoms with Crippen molar-refractivity contribution in [3.05, 3.63) is 23.4 Å². The molecule has 5 heteroatoms. The number of hydrogen-bond donors (Lipinski definition) is 0. The summed E-state index contributed by atoms with van der Waals surface area (Å²) in [7, 11) is 1.64. The minimum atomic E-state index is -0.445. The molecule has 1 amide bonds. The standard InChI is InChI=1S/C18H28N2O3/c1-13-9-15(11-16(19-13)22-5)10-14-7-6-8-20(12-14)17(21)23-18(2,3)4/h9,11,14H,6-8,10,12H2,1-5H3/t14-/m1/s1. The van der Waals surface area contributed by atoms with Gasteiger partial charge in [0, 0.05) is 24.8 Å². The molecule has 1 aromatic rings. The summed E-state index contributed by atoms with van der Waals surface area (Å²) in [5.74, 6) is 1.10. The van der Waals surface area contributed by atoms with E-state index in [1.165, 1.54) is 5.56 Å². The minimum Gasteiger partial charge on any atom is -0.481 e. The van der Waals surface area contributed by atoms with E-state index < -0.39 is 5.60 Å². The molecular formula is C18H28N2O3. The van der Waals surface area contributed by atoms with Crippen LogP contribution in [0.25, 0.3) is 0 Å². The van der Waals surface area contributed by atoms with Crippen molar-refractivity contribution in [3.8, 4) is 5.88 Å². The largest absolute Gasteiger partial charge is 0.481 e. The molecule has 23 heavy (non-hydrogen) atoms. The van der Waals surface area contributed by atoms with E-state index in [0.717, 1.165) is 38.0 Å². The lowest BCUT2D eigenvalue weighted by Gasteiger charge is -2.34. The second kappa shape index (κ2) is 7.20. The van der Waals surface area contributed by atoms with Crippen LogP contribution < -0.4 is 4.74 Å². The number of rotatable bonds is 3. The third kappa shape index (κ3) is 5.41. The maximum atomic E-state index is 12.2. The fourth-order valence-corrected chi connectivity index (χ4v) is 2.99. The molecule has 0 unspecified atom stereocenters. The molecule has 1 atom stereocenters. The lowest BCUT2D eigenvalue weighted by molar-refractivity contribution is 0.0166. The topological polar surface area (TPSA) is 51.7 Å². The molecule has 1 fully saturated rings. The molecule has 128 valence electrons. The Bertz CT molecular complexity index is 552. The number of nitrogens with zero attached hydrogens (tertiary/aromatic N) is 2. The number of ether oxygens (including phenoxy) is 2. The molecule has 0 N–H and O–H groups in total. The van der Waals surface area contributed by atoms with Crippen molar-refractivity contribution in [3.63, 3.8) is 0 Å². The number of carbonyl (C=O) groups is 1. The van der Waals surface area contributed by atoms with Crippen molar-refractivity contribution < 1.29 is 14.3 Å². The maximum Gasteiger partial charge on any atom is 0.410 e. The van der Waals surface area contributed by atoms with E-state index >= 15 is 0 Å². The Kier molecular flexibility index (Phi) is 5.50. The number of aromatic nitrogens is 1. The number of methoxy groups -OCH3 is 1. The van der Waals surface area contributed by atoms with Crippen molar-refractivity contribution in [1.29, 1.82) is 0 Å². The van der Waals surface area contributed by atoms with Gasteiger partial charge in [-0.15, -0.1) is 0 Å². The average molecular weight is 320 g/mol. The highest BCUT2D eigenvalue weighted by Gasteiger charge is 2.27. The van der Waals surface area contributed by atoms with Gasteiger partial charge in [-0.25, -0.2) is 9.78 Å². The Morgan fingerprint density at radius 2 is 2.13 bits per heavy atom. The monoisotopic (exact) mass is 320 g/mol. The van der Waals surface area contributed by atoms with Gasteiger partial charge in [0.25, 0.3) is 0 Å². The molecule has 0 bridgehead atoms. The van der Waals surface area contributed by atoms with Gasteiger partial charge in [0.15, 0.2) is 0 Å². The Morgan fingerprint density at radius 1 is 1.39 bits per heavy atom. The fraction of sp³-hybridized carbons (Fsp3) is 0.667. The summed E-state index contributed by atoms with van der Waals surface area (Å²) >= 11 is 0. The lowest BCUT2D eigenvalue weighted by Crippen LogP contribution is -2.43. The van der Waals surface area contributed by atoms with E-state index in [1.54, 1.807) is 7.11 Å². The van der Waals surface area contributed by atoms with E-state index in [1.807, 2.05) is 38.7 Å². The van der Waals surface area contributed by atoms with Crippen molar-refractivity contribution in [2.75, 3.05) is 20.2 Å². The van der Waals surface area contributed by atoms with E-state index in [4.69, 9.17) is 9.47 Å². The molecule has 0 aliphatic carbocycles. The van der Waals surface area contributed by atoms with Crippen molar-refractivity contribution >= 4 is 6.09 Å². The van der Waals surface area contributed by atoms with Crippen LogP contribution in [0.5, 0.6) is 5.88 Å². The van der Waals surface area contributed by atoms with Crippen LogP contribution in [-0.2, 0) is 11.2 Å². The lowest BCUT2D eigenvalue weighted by atomic mass is 9.91.